The third kappa shape index (κ3) is 8.62. The molecule has 2 aliphatic rings. The summed E-state index contributed by atoms with van der Waals surface area (Å²) >= 11 is 0. The van der Waals surface area contributed by atoms with Crippen molar-refractivity contribution >= 4 is 17.8 Å². The summed E-state index contributed by atoms with van der Waals surface area (Å²) in [5.74, 6) is 2.49. The Labute approximate surface area is 176 Å². The topological polar surface area (TPSA) is 77.0 Å². The second-order valence-electron chi connectivity index (χ2n) is 8.89. The third-order valence-electron chi connectivity index (χ3n) is 5.66. The summed E-state index contributed by atoms with van der Waals surface area (Å²) in [5.41, 5.74) is 0. The average Bonchev–Trinajstić information content (AvgIpc) is 3.38. The minimum Gasteiger partial charge on any atom is -0.357 e. The molecule has 2 unspecified atom stereocenters. The zero-order valence-electron chi connectivity index (χ0n) is 18.9. The molecule has 1 aliphatic carbocycles. The molecule has 0 bridgehead atoms. The lowest BCUT2D eigenvalue weighted by Crippen LogP contribution is -2.50. The Morgan fingerprint density at radius 1 is 1.03 bits per heavy atom. The number of hydrogen-bond donors (Lipinski definition) is 2. The Morgan fingerprint density at radius 2 is 1.66 bits per heavy atom. The zero-order chi connectivity index (χ0) is 21.2. The number of piperazine rings is 1. The van der Waals surface area contributed by atoms with Gasteiger partial charge in [0.15, 0.2) is 5.96 Å². The minimum atomic E-state index is 0.218. The van der Waals surface area contributed by atoms with Gasteiger partial charge >= 0.3 is 0 Å². The van der Waals surface area contributed by atoms with Gasteiger partial charge in [-0.2, -0.15) is 0 Å². The van der Waals surface area contributed by atoms with Crippen molar-refractivity contribution in [1.82, 2.24) is 20.4 Å². The van der Waals surface area contributed by atoms with E-state index in [-0.39, 0.29) is 11.8 Å². The van der Waals surface area contributed by atoms with E-state index in [0.717, 1.165) is 44.2 Å². The molecule has 2 fully saturated rings. The summed E-state index contributed by atoms with van der Waals surface area (Å²) in [4.78, 5) is 33.0. The number of guanidine groups is 1. The van der Waals surface area contributed by atoms with E-state index in [1.54, 1.807) is 0 Å². The average molecular weight is 408 g/mol. The first-order chi connectivity index (χ1) is 13.9. The highest BCUT2D eigenvalue weighted by atomic mass is 16.2. The molecule has 2 amide bonds. The molecule has 7 nitrogen and oxygen atoms in total. The van der Waals surface area contributed by atoms with Crippen molar-refractivity contribution in [2.75, 3.05) is 39.3 Å². The van der Waals surface area contributed by atoms with Crippen LogP contribution in [-0.2, 0) is 9.59 Å². The number of unbranched alkanes of at least 4 members (excludes halogenated alkanes) is 2. The van der Waals surface area contributed by atoms with Gasteiger partial charge in [0.05, 0.1) is 0 Å². The Kier molecular flexibility index (Phi) is 9.74. The van der Waals surface area contributed by atoms with E-state index in [9.17, 15) is 9.59 Å². The van der Waals surface area contributed by atoms with Crippen LogP contribution in [0.5, 0.6) is 0 Å². The molecule has 0 radical (unpaired) electrons. The van der Waals surface area contributed by atoms with Gasteiger partial charge in [-0.25, -0.2) is 0 Å². The van der Waals surface area contributed by atoms with Gasteiger partial charge in [0.1, 0.15) is 0 Å². The van der Waals surface area contributed by atoms with Crippen LogP contribution in [0.25, 0.3) is 0 Å². The first-order valence-corrected chi connectivity index (χ1v) is 11.5. The Morgan fingerprint density at radius 3 is 2.21 bits per heavy atom. The van der Waals surface area contributed by atoms with Crippen LogP contribution in [0.2, 0.25) is 0 Å². The Balaban J connectivity index is 1.56. The highest BCUT2D eigenvalue weighted by Crippen LogP contribution is 2.28. The van der Waals surface area contributed by atoms with Crippen molar-refractivity contribution in [3.05, 3.63) is 0 Å². The van der Waals surface area contributed by atoms with Crippen LogP contribution in [0.3, 0.4) is 0 Å². The van der Waals surface area contributed by atoms with E-state index in [2.05, 4.69) is 43.3 Å². The Hall–Kier alpha value is -1.79. The maximum absolute atomic E-state index is 12.4. The van der Waals surface area contributed by atoms with Crippen molar-refractivity contribution < 1.29 is 9.59 Å². The summed E-state index contributed by atoms with van der Waals surface area (Å²) in [7, 11) is 0. The number of aliphatic imine (C=N–C) groups is 1. The molecule has 0 aromatic rings. The normalized spacial score (nSPS) is 22.0. The quantitative estimate of drug-likeness (QED) is 0.331. The van der Waals surface area contributed by atoms with Crippen LogP contribution in [0.1, 0.15) is 66.2 Å². The molecule has 2 rings (SSSR count). The van der Waals surface area contributed by atoms with Crippen LogP contribution in [0, 0.1) is 11.8 Å². The first kappa shape index (κ1) is 23.5. The first-order valence-electron chi connectivity index (χ1n) is 11.5. The molecule has 29 heavy (non-hydrogen) atoms. The number of nitrogens with zero attached hydrogens (tertiary/aromatic N) is 3. The fourth-order valence-electron chi connectivity index (χ4n) is 3.62. The van der Waals surface area contributed by atoms with E-state index in [1.807, 2.05) is 9.80 Å². The van der Waals surface area contributed by atoms with Gasteiger partial charge in [0.25, 0.3) is 0 Å². The molecule has 1 heterocycles. The summed E-state index contributed by atoms with van der Waals surface area (Å²) < 4.78 is 0. The molecule has 7 heteroatoms. The van der Waals surface area contributed by atoms with Gasteiger partial charge < -0.3 is 20.4 Å². The monoisotopic (exact) mass is 407 g/mol. The fraction of sp³-hybridized carbons (Fsp3) is 0.864. The van der Waals surface area contributed by atoms with Gasteiger partial charge in [-0.15, -0.1) is 0 Å². The van der Waals surface area contributed by atoms with Crippen LogP contribution >= 0.6 is 0 Å². The number of carbonyl (C=O) groups excluding carboxylic acids is 2. The smallest absolute Gasteiger partial charge is 0.222 e. The standard InChI is InChI=1S/C22H41N5O2/c1-5-23-22(25-19-16-18(19)4)24-10-8-6-7-9-20(28)26-11-13-27(14-12-26)21(29)15-17(2)3/h17-19H,5-16H2,1-4H3,(H2,23,24,25). The molecule has 2 N–H and O–H groups in total. The number of hydrogen-bond acceptors (Lipinski definition) is 3. The molecule has 0 spiro atoms. The molecular formula is C22H41N5O2. The molecule has 166 valence electrons. The van der Waals surface area contributed by atoms with Crippen LogP contribution in [0.15, 0.2) is 4.99 Å². The van der Waals surface area contributed by atoms with Gasteiger partial charge in [-0.1, -0.05) is 27.2 Å². The molecule has 2 atom stereocenters. The second kappa shape index (κ2) is 12.0. The number of amides is 2. The van der Waals surface area contributed by atoms with E-state index >= 15 is 0 Å². The van der Waals surface area contributed by atoms with Crippen molar-refractivity contribution in [2.24, 2.45) is 16.8 Å². The molecule has 1 saturated carbocycles. The van der Waals surface area contributed by atoms with Crippen LogP contribution in [-0.4, -0.2) is 72.9 Å². The molecule has 1 aliphatic heterocycles. The van der Waals surface area contributed by atoms with Crippen LogP contribution in [0.4, 0.5) is 0 Å². The van der Waals surface area contributed by atoms with E-state index in [1.165, 1.54) is 6.42 Å². The van der Waals surface area contributed by atoms with Gasteiger partial charge in [0.2, 0.25) is 11.8 Å². The molecule has 0 aromatic carbocycles. The van der Waals surface area contributed by atoms with Crippen molar-refractivity contribution in [1.29, 1.82) is 0 Å². The maximum Gasteiger partial charge on any atom is 0.222 e. The lowest BCUT2D eigenvalue weighted by Gasteiger charge is -2.35. The zero-order valence-corrected chi connectivity index (χ0v) is 18.9. The van der Waals surface area contributed by atoms with E-state index in [0.29, 0.717) is 51.0 Å². The summed E-state index contributed by atoms with van der Waals surface area (Å²) in [5, 5.41) is 6.76. The number of carbonyl (C=O) groups is 2. The highest BCUT2D eigenvalue weighted by Gasteiger charge is 2.33. The highest BCUT2D eigenvalue weighted by molar-refractivity contribution is 5.80. The predicted octanol–water partition coefficient (Wildman–Crippen LogP) is 2.23. The summed E-state index contributed by atoms with van der Waals surface area (Å²) in [6.45, 7) is 12.8. The SMILES string of the molecule is CCNC(=NCCCCCC(=O)N1CCN(C(=O)CC(C)C)CC1)NC1CC1C. The van der Waals surface area contributed by atoms with E-state index in [4.69, 9.17) is 0 Å². The van der Waals surface area contributed by atoms with Crippen LogP contribution < -0.4 is 10.6 Å². The minimum absolute atomic E-state index is 0.218. The number of rotatable bonds is 10. The summed E-state index contributed by atoms with van der Waals surface area (Å²) in [6, 6.07) is 0.576. The molecule has 1 saturated heterocycles. The molecular weight excluding hydrogens is 366 g/mol. The van der Waals surface area contributed by atoms with E-state index < -0.39 is 0 Å². The Bertz CT molecular complexity index is 555. The lowest BCUT2D eigenvalue weighted by atomic mass is 10.1. The summed E-state index contributed by atoms with van der Waals surface area (Å²) in [6.07, 6.45) is 5.35. The van der Waals surface area contributed by atoms with Gasteiger partial charge in [0, 0.05) is 58.2 Å². The predicted molar refractivity (Wildman–Crippen MR) is 118 cm³/mol. The third-order valence-corrected chi connectivity index (χ3v) is 5.66. The lowest BCUT2D eigenvalue weighted by molar-refractivity contribution is -0.140. The largest absolute Gasteiger partial charge is 0.357 e. The number of nitrogens with one attached hydrogen (secondary N) is 2. The molecule has 0 aromatic heterocycles. The fourth-order valence-corrected chi connectivity index (χ4v) is 3.62. The van der Waals surface area contributed by atoms with Crippen molar-refractivity contribution in [2.45, 2.75) is 72.3 Å². The maximum atomic E-state index is 12.4. The second-order valence-corrected chi connectivity index (χ2v) is 8.89. The van der Waals surface area contributed by atoms with Crippen molar-refractivity contribution in [3.8, 4) is 0 Å². The van der Waals surface area contributed by atoms with Gasteiger partial charge in [-0.05, 0) is 38.0 Å². The van der Waals surface area contributed by atoms with Gasteiger partial charge in [-0.3, -0.25) is 14.6 Å². The van der Waals surface area contributed by atoms with Crippen molar-refractivity contribution in [3.63, 3.8) is 0 Å².